The maximum Gasteiger partial charge on any atom is 0.240 e. The summed E-state index contributed by atoms with van der Waals surface area (Å²) in [6, 6.07) is 13.9. The van der Waals surface area contributed by atoms with Gasteiger partial charge >= 0.3 is 0 Å². The number of hydrogen-bond donors (Lipinski definition) is 3. The van der Waals surface area contributed by atoms with Gasteiger partial charge < -0.3 is 5.32 Å². The highest BCUT2D eigenvalue weighted by Gasteiger charge is 2.15. The minimum atomic E-state index is -3.54. The Morgan fingerprint density at radius 1 is 1.13 bits per heavy atom. The third-order valence-electron chi connectivity index (χ3n) is 4.25. The molecule has 0 spiro atoms. The van der Waals surface area contributed by atoms with Gasteiger partial charge in [-0.1, -0.05) is 24.3 Å². The Hall–Kier alpha value is -3.04. The molecule has 0 aliphatic carbocycles. The fraction of sp³-hybridized carbons (Fsp3) is 0.238. The molecule has 0 saturated heterocycles. The van der Waals surface area contributed by atoms with Gasteiger partial charge in [0.15, 0.2) is 5.82 Å². The number of amides is 1. The molecule has 0 bridgehead atoms. The highest BCUT2D eigenvalue weighted by Crippen LogP contribution is 2.20. The van der Waals surface area contributed by atoms with Crippen LogP contribution in [-0.2, 0) is 21.2 Å². The van der Waals surface area contributed by atoms with Gasteiger partial charge in [0, 0.05) is 24.1 Å². The second-order valence-corrected chi connectivity index (χ2v) is 8.86. The van der Waals surface area contributed by atoms with Crippen LogP contribution in [-0.4, -0.2) is 30.6 Å². The van der Waals surface area contributed by atoms with E-state index in [1.807, 2.05) is 0 Å². The molecule has 3 N–H and O–H groups in total. The van der Waals surface area contributed by atoms with Crippen LogP contribution in [0.1, 0.15) is 25.8 Å². The van der Waals surface area contributed by atoms with E-state index in [4.69, 9.17) is 0 Å². The summed E-state index contributed by atoms with van der Waals surface area (Å²) in [5, 5.41) is 9.49. The van der Waals surface area contributed by atoms with E-state index < -0.39 is 10.0 Å². The van der Waals surface area contributed by atoms with Crippen molar-refractivity contribution in [2.24, 2.45) is 0 Å². The number of aromatic amines is 1. The summed E-state index contributed by atoms with van der Waals surface area (Å²) in [7, 11) is -3.54. The maximum atomic E-state index is 13.3. The molecule has 30 heavy (non-hydrogen) atoms. The summed E-state index contributed by atoms with van der Waals surface area (Å²) in [6.45, 7) is 3.51. The smallest absolute Gasteiger partial charge is 0.240 e. The van der Waals surface area contributed by atoms with E-state index in [1.165, 1.54) is 24.3 Å². The molecule has 0 fully saturated rings. The third-order valence-corrected chi connectivity index (χ3v) is 5.92. The number of benzene rings is 2. The maximum absolute atomic E-state index is 13.3. The van der Waals surface area contributed by atoms with E-state index in [1.54, 1.807) is 44.2 Å². The van der Waals surface area contributed by atoms with Crippen LogP contribution in [0.15, 0.2) is 59.5 Å². The summed E-state index contributed by atoms with van der Waals surface area (Å²) in [4.78, 5) is 12.4. The molecule has 2 aromatic carbocycles. The zero-order valence-electron chi connectivity index (χ0n) is 16.6. The number of nitrogens with one attached hydrogen (secondary N) is 3. The van der Waals surface area contributed by atoms with Gasteiger partial charge in [-0.05, 0) is 50.1 Å². The van der Waals surface area contributed by atoms with Crippen LogP contribution in [0.2, 0.25) is 0 Å². The van der Waals surface area contributed by atoms with Crippen molar-refractivity contribution in [2.75, 3.05) is 5.32 Å². The highest BCUT2D eigenvalue weighted by atomic mass is 32.2. The van der Waals surface area contributed by atoms with Crippen LogP contribution >= 0.6 is 0 Å². The van der Waals surface area contributed by atoms with E-state index in [0.29, 0.717) is 23.5 Å². The van der Waals surface area contributed by atoms with E-state index in [0.717, 1.165) is 5.56 Å². The molecule has 3 aromatic rings. The lowest BCUT2D eigenvalue weighted by Gasteiger charge is -2.10. The highest BCUT2D eigenvalue weighted by molar-refractivity contribution is 7.89. The molecular formula is C21H23FN4O3S. The molecule has 1 aromatic heterocycles. The molecule has 7 nitrogen and oxygen atoms in total. The van der Waals surface area contributed by atoms with Crippen molar-refractivity contribution < 1.29 is 17.6 Å². The number of aryl methyl sites for hydroxylation is 1. The van der Waals surface area contributed by atoms with Crippen molar-refractivity contribution in [3.63, 3.8) is 0 Å². The molecule has 0 atom stereocenters. The number of aromatic nitrogens is 2. The predicted octanol–water partition coefficient (Wildman–Crippen LogP) is 3.47. The first-order valence-corrected chi connectivity index (χ1v) is 10.9. The van der Waals surface area contributed by atoms with Crippen molar-refractivity contribution in [1.82, 2.24) is 14.9 Å². The molecular weight excluding hydrogens is 407 g/mol. The number of H-pyrrole nitrogens is 1. The van der Waals surface area contributed by atoms with Crippen LogP contribution in [0.5, 0.6) is 0 Å². The monoisotopic (exact) mass is 430 g/mol. The number of hydrogen-bond acceptors (Lipinski definition) is 4. The van der Waals surface area contributed by atoms with Crippen LogP contribution in [0, 0.1) is 5.82 Å². The Morgan fingerprint density at radius 2 is 1.87 bits per heavy atom. The summed E-state index contributed by atoms with van der Waals surface area (Å²) >= 11 is 0. The topological polar surface area (TPSA) is 104 Å². The molecule has 3 rings (SSSR count). The SMILES string of the molecule is CC(C)NS(=O)(=O)c1ccc(CCC(=O)Nc2cc(-c3cccc(F)c3)[nH]n2)cc1. The zero-order valence-corrected chi connectivity index (χ0v) is 17.5. The van der Waals surface area contributed by atoms with Crippen molar-refractivity contribution >= 4 is 21.7 Å². The minimum absolute atomic E-state index is 0.186. The molecule has 1 amide bonds. The quantitative estimate of drug-likeness (QED) is 0.509. The Labute approximate surface area is 174 Å². The Bertz CT molecular complexity index is 1130. The first kappa shape index (κ1) is 21.7. The Balaban J connectivity index is 1.55. The summed E-state index contributed by atoms with van der Waals surface area (Å²) in [5.74, 6) is -0.239. The molecule has 158 valence electrons. The van der Waals surface area contributed by atoms with Gasteiger partial charge in [0.1, 0.15) is 5.82 Å². The molecule has 0 unspecified atom stereocenters. The van der Waals surface area contributed by atoms with Crippen LogP contribution < -0.4 is 10.0 Å². The van der Waals surface area contributed by atoms with Crippen LogP contribution in [0.3, 0.4) is 0 Å². The first-order valence-electron chi connectivity index (χ1n) is 9.45. The van der Waals surface area contributed by atoms with Gasteiger partial charge in [0.25, 0.3) is 0 Å². The molecule has 0 saturated carbocycles. The van der Waals surface area contributed by atoms with Gasteiger partial charge in [-0.15, -0.1) is 0 Å². The van der Waals surface area contributed by atoms with Crippen molar-refractivity contribution in [1.29, 1.82) is 0 Å². The second-order valence-electron chi connectivity index (χ2n) is 7.15. The van der Waals surface area contributed by atoms with Crippen molar-refractivity contribution in [3.8, 4) is 11.3 Å². The molecule has 0 radical (unpaired) electrons. The minimum Gasteiger partial charge on any atom is -0.309 e. The number of anilines is 1. The average Bonchev–Trinajstić information content (AvgIpc) is 3.14. The van der Waals surface area contributed by atoms with Gasteiger partial charge in [-0.2, -0.15) is 5.10 Å². The molecule has 9 heteroatoms. The van der Waals surface area contributed by atoms with E-state index in [9.17, 15) is 17.6 Å². The number of halogens is 1. The fourth-order valence-electron chi connectivity index (χ4n) is 2.87. The number of rotatable bonds is 8. The first-order chi connectivity index (χ1) is 14.2. The largest absolute Gasteiger partial charge is 0.309 e. The van der Waals surface area contributed by atoms with Crippen molar-refractivity contribution in [2.45, 2.75) is 37.6 Å². The lowest BCUT2D eigenvalue weighted by molar-refractivity contribution is -0.116. The number of nitrogens with zero attached hydrogens (tertiary/aromatic N) is 1. The van der Waals surface area contributed by atoms with Gasteiger partial charge in [0.2, 0.25) is 15.9 Å². The van der Waals surface area contributed by atoms with Gasteiger partial charge in [-0.3, -0.25) is 9.89 Å². The average molecular weight is 431 g/mol. The molecule has 1 heterocycles. The zero-order chi connectivity index (χ0) is 21.7. The second kappa shape index (κ2) is 9.19. The van der Waals surface area contributed by atoms with E-state index in [-0.39, 0.29) is 29.1 Å². The van der Waals surface area contributed by atoms with Gasteiger partial charge in [-0.25, -0.2) is 17.5 Å². The molecule has 0 aliphatic rings. The van der Waals surface area contributed by atoms with Crippen LogP contribution in [0.4, 0.5) is 10.2 Å². The summed E-state index contributed by atoms with van der Waals surface area (Å²) in [6.07, 6.45) is 0.656. The lowest BCUT2D eigenvalue weighted by atomic mass is 10.1. The lowest BCUT2D eigenvalue weighted by Crippen LogP contribution is -2.30. The summed E-state index contributed by atoms with van der Waals surface area (Å²) in [5.41, 5.74) is 2.07. The number of carbonyl (C=O) groups is 1. The Kier molecular flexibility index (Phi) is 6.63. The summed E-state index contributed by atoms with van der Waals surface area (Å²) < 4.78 is 40.1. The third kappa shape index (κ3) is 5.74. The molecule has 0 aliphatic heterocycles. The van der Waals surface area contributed by atoms with Crippen LogP contribution in [0.25, 0.3) is 11.3 Å². The van der Waals surface area contributed by atoms with E-state index >= 15 is 0 Å². The standard InChI is InChI=1S/C21H23FN4O3S/c1-14(2)26-30(28,29)18-9-6-15(7-10-18)8-11-21(27)23-20-13-19(24-25-20)16-4-3-5-17(22)12-16/h3-7,9-10,12-14,26H,8,11H2,1-2H3,(H2,23,24,25,27). The number of sulfonamides is 1. The number of carbonyl (C=O) groups excluding carboxylic acids is 1. The predicted molar refractivity (Wildman–Crippen MR) is 113 cm³/mol. The van der Waals surface area contributed by atoms with Gasteiger partial charge in [0.05, 0.1) is 10.6 Å². The fourth-order valence-corrected chi connectivity index (χ4v) is 4.12. The van der Waals surface area contributed by atoms with E-state index in [2.05, 4.69) is 20.2 Å². The Morgan fingerprint density at radius 3 is 2.53 bits per heavy atom. The van der Waals surface area contributed by atoms with Crippen molar-refractivity contribution in [3.05, 3.63) is 66.0 Å². The normalized spacial score (nSPS) is 11.6.